The van der Waals surface area contributed by atoms with Crippen LogP contribution >= 0.6 is 0 Å². The van der Waals surface area contributed by atoms with E-state index in [-0.39, 0.29) is 17.7 Å². The van der Waals surface area contributed by atoms with Gasteiger partial charge in [0.25, 0.3) is 0 Å². The Balaban J connectivity index is 1.36. The van der Waals surface area contributed by atoms with Crippen molar-refractivity contribution in [2.24, 2.45) is 0 Å². The Morgan fingerprint density at radius 3 is 2.23 bits per heavy atom. The first-order valence-corrected chi connectivity index (χ1v) is 11.0. The Labute approximate surface area is 183 Å². The van der Waals surface area contributed by atoms with Gasteiger partial charge in [0.05, 0.1) is 5.69 Å². The van der Waals surface area contributed by atoms with Crippen LogP contribution in [0.2, 0.25) is 0 Å². The summed E-state index contributed by atoms with van der Waals surface area (Å²) in [5.41, 5.74) is 0.992. The molecule has 7 nitrogen and oxygen atoms in total. The van der Waals surface area contributed by atoms with Crippen LogP contribution in [0, 0.1) is 0 Å². The maximum absolute atomic E-state index is 13.5. The molecular formula is C24H30N4O3. The number of para-hydroxylation sites is 2. The maximum atomic E-state index is 13.5. The number of anilines is 1. The molecule has 164 valence electrons. The molecule has 2 aliphatic rings. The quantitative estimate of drug-likeness (QED) is 0.692. The van der Waals surface area contributed by atoms with E-state index >= 15 is 0 Å². The number of carbonyl (C=O) groups excluding carboxylic acids is 2. The van der Waals surface area contributed by atoms with Crippen LogP contribution in [0.5, 0.6) is 5.75 Å². The van der Waals surface area contributed by atoms with Crippen molar-refractivity contribution < 1.29 is 14.7 Å². The number of nitrogens with zero attached hydrogens (tertiary/aromatic N) is 2. The summed E-state index contributed by atoms with van der Waals surface area (Å²) in [7, 11) is 0. The number of carbonyl (C=O) groups is 2. The lowest BCUT2D eigenvalue weighted by Gasteiger charge is -2.40. The van der Waals surface area contributed by atoms with Gasteiger partial charge in [-0.3, -0.25) is 4.79 Å². The van der Waals surface area contributed by atoms with Gasteiger partial charge in [-0.25, -0.2) is 4.79 Å². The van der Waals surface area contributed by atoms with Gasteiger partial charge < -0.3 is 25.5 Å². The summed E-state index contributed by atoms with van der Waals surface area (Å²) in [6, 6.07) is 16.7. The number of urea groups is 1. The fourth-order valence-corrected chi connectivity index (χ4v) is 4.60. The third-order valence-electron chi connectivity index (χ3n) is 6.30. The number of hydrogen-bond acceptors (Lipinski definition) is 4. The van der Waals surface area contributed by atoms with Gasteiger partial charge in [-0.05, 0) is 30.5 Å². The van der Waals surface area contributed by atoms with Crippen LogP contribution in [0.15, 0.2) is 54.6 Å². The molecule has 1 heterocycles. The number of phenols is 1. The number of aromatic hydroxyl groups is 1. The molecule has 4 rings (SSSR count). The van der Waals surface area contributed by atoms with E-state index in [1.54, 1.807) is 12.1 Å². The van der Waals surface area contributed by atoms with Crippen molar-refractivity contribution in [3.63, 3.8) is 0 Å². The highest BCUT2D eigenvalue weighted by molar-refractivity contribution is 5.91. The Kier molecular flexibility index (Phi) is 6.30. The van der Waals surface area contributed by atoms with Crippen LogP contribution in [-0.4, -0.2) is 53.7 Å². The molecule has 1 aliphatic carbocycles. The molecule has 2 aromatic carbocycles. The fraction of sp³-hybridized carbons (Fsp3) is 0.417. The minimum absolute atomic E-state index is 0.0109. The van der Waals surface area contributed by atoms with E-state index in [9.17, 15) is 14.7 Å². The lowest BCUT2D eigenvalue weighted by atomic mass is 9.95. The van der Waals surface area contributed by atoms with E-state index in [1.807, 2.05) is 47.4 Å². The highest BCUT2D eigenvalue weighted by Crippen LogP contribution is 2.33. The second-order valence-electron chi connectivity index (χ2n) is 8.35. The molecule has 3 N–H and O–H groups in total. The molecule has 3 amide bonds. The first kappa shape index (κ1) is 21.0. The van der Waals surface area contributed by atoms with Crippen LogP contribution in [-0.2, 0) is 11.3 Å². The molecule has 0 radical (unpaired) electrons. The van der Waals surface area contributed by atoms with Crippen molar-refractivity contribution in [3.05, 3.63) is 60.2 Å². The standard InChI is InChI=1S/C24H30N4O3/c29-21-11-5-4-10-20(21)27-14-16-28(17-15-27)22(30)24(12-6-7-13-24)26-23(31)25-18-19-8-2-1-3-9-19/h1-5,8-11,29H,6-7,12-18H2,(H2,25,26,31). The van der Waals surface area contributed by atoms with E-state index in [2.05, 4.69) is 15.5 Å². The van der Waals surface area contributed by atoms with Crippen molar-refractivity contribution >= 4 is 17.6 Å². The predicted octanol–water partition coefficient (Wildman–Crippen LogP) is 2.85. The van der Waals surface area contributed by atoms with Crippen molar-refractivity contribution in [2.75, 3.05) is 31.1 Å². The molecule has 2 fully saturated rings. The summed E-state index contributed by atoms with van der Waals surface area (Å²) in [4.78, 5) is 30.0. The Hall–Kier alpha value is -3.22. The Morgan fingerprint density at radius 2 is 1.55 bits per heavy atom. The zero-order valence-corrected chi connectivity index (χ0v) is 17.7. The monoisotopic (exact) mass is 422 g/mol. The van der Waals surface area contributed by atoms with Crippen LogP contribution < -0.4 is 15.5 Å². The zero-order chi connectivity index (χ0) is 21.7. The lowest BCUT2D eigenvalue weighted by Crippen LogP contribution is -2.62. The van der Waals surface area contributed by atoms with Crippen LogP contribution in [0.3, 0.4) is 0 Å². The molecule has 0 atom stereocenters. The highest BCUT2D eigenvalue weighted by Gasteiger charge is 2.45. The molecule has 1 aliphatic heterocycles. The summed E-state index contributed by atoms with van der Waals surface area (Å²) >= 11 is 0. The minimum atomic E-state index is -0.822. The molecule has 0 aromatic heterocycles. The van der Waals surface area contributed by atoms with Crippen molar-refractivity contribution in [1.29, 1.82) is 0 Å². The molecule has 1 saturated heterocycles. The molecule has 7 heteroatoms. The second kappa shape index (κ2) is 9.29. The van der Waals surface area contributed by atoms with Crippen molar-refractivity contribution in [2.45, 2.75) is 37.8 Å². The molecule has 0 unspecified atom stereocenters. The Bertz CT molecular complexity index is 904. The van der Waals surface area contributed by atoms with Crippen LogP contribution in [0.4, 0.5) is 10.5 Å². The van der Waals surface area contributed by atoms with Gasteiger partial charge in [-0.15, -0.1) is 0 Å². The van der Waals surface area contributed by atoms with E-state index in [4.69, 9.17) is 0 Å². The van der Waals surface area contributed by atoms with Crippen LogP contribution in [0.1, 0.15) is 31.2 Å². The van der Waals surface area contributed by atoms with Crippen molar-refractivity contribution in [1.82, 2.24) is 15.5 Å². The van der Waals surface area contributed by atoms with Gasteiger partial charge in [0.2, 0.25) is 5.91 Å². The average Bonchev–Trinajstić information content (AvgIpc) is 3.28. The van der Waals surface area contributed by atoms with Crippen molar-refractivity contribution in [3.8, 4) is 5.75 Å². The number of piperazine rings is 1. The van der Waals surface area contributed by atoms with E-state index in [1.165, 1.54) is 0 Å². The maximum Gasteiger partial charge on any atom is 0.315 e. The summed E-state index contributed by atoms with van der Waals surface area (Å²) in [6.07, 6.45) is 3.21. The number of rotatable bonds is 5. The summed E-state index contributed by atoms with van der Waals surface area (Å²) < 4.78 is 0. The molecule has 31 heavy (non-hydrogen) atoms. The number of benzene rings is 2. The smallest absolute Gasteiger partial charge is 0.315 e. The SMILES string of the molecule is O=C(NCc1ccccc1)NC1(C(=O)N2CCN(c3ccccc3O)CC2)CCCC1. The van der Waals surface area contributed by atoms with Gasteiger partial charge in [0.1, 0.15) is 11.3 Å². The third kappa shape index (κ3) is 4.76. The topological polar surface area (TPSA) is 84.9 Å². The average molecular weight is 423 g/mol. The first-order chi connectivity index (χ1) is 15.1. The van der Waals surface area contributed by atoms with E-state index in [0.29, 0.717) is 45.6 Å². The first-order valence-electron chi connectivity index (χ1n) is 11.0. The van der Waals surface area contributed by atoms with Gasteiger partial charge in [-0.2, -0.15) is 0 Å². The number of amides is 3. The second-order valence-corrected chi connectivity index (χ2v) is 8.35. The number of phenolic OH excluding ortho intramolecular Hbond substituents is 1. The van der Waals surface area contributed by atoms with E-state index in [0.717, 1.165) is 24.1 Å². The van der Waals surface area contributed by atoms with E-state index < -0.39 is 5.54 Å². The summed E-state index contributed by atoms with van der Waals surface area (Å²) in [5, 5.41) is 16.0. The van der Waals surface area contributed by atoms with Gasteiger partial charge in [0.15, 0.2) is 0 Å². The van der Waals surface area contributed by atoms with Gasteiger partial charge in [-0.1, -0.05) is 55.3 Å². The molecule has 2 aromatic rings. The number of nitrogens with one attached hydrogen (secondary N) is 2. The lowest BCUT2D eigenvalue weighted by molar-refractivity contribution is -0.138. The largest absolute Gasteiger partial charge is 0.506 e. The van der Waals surface area contributed by atoms with Gasteiger partial charge >= 0.3 is 6.03 Å². The molecule has 0 spiro atoms. The fourth-order valence-electron chi connectivity index (χ4n) is 4.60. The summed E-state index contributed by atoms with van der Waals surface area (Å²) in [5.74, 6) is 0.267. The molecule has 1 saturated carbocycles. The molecule has 0 bridgehead atoms. The number of hydrogen-bond donors (Lipinski definition) is 3. The normalized spacial score (nSPS) is 17.9. The zero-order valence-electron chi connectivity index (χ0n) is 17.7. The Morgan fingerprint density at radius 1 is 0.903 bits per heavy atom. The minimum Gasteiger partial charge on any atom is -0.506 e. The van der Waals surface area contributed by atoms with Gasteiger partial charge in [0, 0.05) is 32.7 Å². The predicted molar refractivity (Wildman–Crippen MR) is 120 cm³/mol. The summed E-state index contributed by atoms with van der Waals surface area (Å²) in [6.45, 7) is 2.87. The third-order valence-corrected chi connectivity index (χ3v) is 6.30. The highest BCUT2D eigenvalue weighted by atomic mass is 16.3. The molecular weight excluding hydrogens is 392 g/mol. The van der Waals surface area contributed by atoms with Crippen LogP contribution in [0.25, 0.3) is 0 Å².